The van der Waals surface area contributed by atoms with E-state index in [2.05, 4.69) is 23.1 Å². The van der Waals surface area contributed by atoms with E-state index in [4.69, 9.17) is 0 Å². The second-order valence-electron chi connectivity index (χ2n) is 2.01. The van der Waals surface area contributed by atoms with Crippen LogP contribution in [0.2, 0.25) is 0 Å². The molecule has 1 aromatic rings. The van der Waals surface area contributed by atoms with Gasteiger partial charge in [0.1, 0.15) is 0 Å². The van der Waals surface area contributed by atoms with Gasteiger partial charge in [-0.15, -0.1) is 0 Å². The van der Waals surface area contributed by atoms with Gasteiger partial charge in [-0.2, -0.15) is 0 Å². The summed E-state index contributed by atoms with van der Waals surface area (Å²) in [7, 11) is 0. The highest BCUT2D eigenvalue weighted by atomic mass is 14.8. The zero-order chi connectivity index (χ0) is 10.1. The van der Waals surface area contributed by atoms with Crippen LogP contribution < -0.4 is 10.7 Å². The van der Waals surface area contributed by atoms with E-state index in [0.717, 1.165) is 10.7 Å². The quantitative estimate of drug-likeness (QED) is 0.724. The number of imidazole rings is 1. The number of aromatic nitrogens is 2. The number of allylic oxidation sites excluding steroid dienone is 2. The molecule has 2 heteroatoms. The van der Waals surface area contributed by atoms with Crippen LogP contribution in [0.1, 0.15) is 13.8 Å². The molecule has 2 nitrogen and oxygen atoms in total. The molecule has 0 aromatic carbocycles. The molecule has 1 N–H and O–H groups in total. The van der Waals surface area contributed by atoms with E-state index >= 15 is 0 Å². The Bertz CT molecular complexity index is 323. The summed E-state index contributed by atoms with van der Waals surface area (Å²) in [5, 5.41) is 1.85. The van der Waals surface area contributed by atoms with Gasteiger partial charge in [-0.1, -0.05) is 39.2 Å². The predicted octanol–water partition coefficient (Wildman–Crippen LogP) is 1.37. The Morgan fingerprint density at radius 1 is 1.23 bits per heavy atom. The lowest BCUT2D eigenvalue weighted by molar-refractivity contribution is 1.29. The summed E-state index contributed by atoms with van der Waals surface area (Å²) in [5.74, 6) is 0. The molecule has 1 aromatic heterocycles. The largest absolute Gasteiger partial charge is 0.345 e. The van der Waals surface area contributed by atoms with Crippen molar-refractivity contribution in [3.63, 3.8) is 0 Å². The first-order chi connectivity index (χ1) is 6.38. The third-order valence-corrected chi connectivity index (χ3v) is 1.26. The molecule has 0 unspecified atom stereocenters. The Morgan fingerprint density at radius 2 is 1.85 bits per heavy atom. The molecule has 0 saturated heterocycles. The van der Waals surface area contributed by atoms with Crippen molar-refractivity contribution in [2.24, 2.45) is 0 Å². The first kappa shape index (κ1) is 11.4. The van der Waals surface area contributed by atoms with Crippen LogP contribution in [0.5, 0.6) is 0 Å². The van der Waals surface area contributed by atoms with Crippen molar-refractivity contribution < 1.29 is 0 Å². The number of H-pyrrole nitrogens is 1. The maximum absolute atomic E-state index is 4.06. The normalized spacial score (nSPS) is 11.8. The van der Waals surface area contributed by atoms with Crippen LogP contribution in [0, 0.1) is 0 Å². The number of rotatable bonds is 2. The SMILES string of the molecule is C=C/C=c1/nc[nH]/c1=C/C=C.CC. The number of nitrogens with one attached hydrogen (secondary N) is 1. The van der Waals surface area contributed by atoms with Crippen LogP contribution >= 0.6 is 0 Å². The highest BCUT2D eigenvalue weighted by molar-refractivity contribution is 5.37. The van der Waals surface area contributed by atoms with Crippen LogP contribution in [0.25, 0.3) is 12.2 Å². The Morgan fingerprint density at radius 3 is 2.38 bits per heavy atom. The number of hydrogen-bond donors (Lipinski definition) is 1. The fourth-order valence-corrected chi connectivity index (χ4v) is 0.811. The van der Waals surface area contributed by atoms with Crippen LogP contribution in [0.3, 0.4) is 0 Å². The first-order valence-electron chi connectivity index (χ1n) is 4.33. The molecule has 0 radical (unpaired) electrons. The van der Waals surface area contributed by atoms with Crippen molar-refractivity contribution in [2.75, 3.05) is 0 Å². The summed E-state index contributed by atoms with van der Waals surface area (Å²) in [6, 6.07) is 0. The fourth-order valence-electron chi connectivity index (χ4n) is 0.811. The Balaban J connectivity index is 0.000000671. The van der Waals surface area contributed by atoms with Crippen molar-refractivity contribution in [3.8, 4) is 0 Å². The van der Waals surface area contributed by atoms with Crippen LogP contribution in [-0.2, 0) is 0 Å². The van der Waals surface area contributed by atoms with Gasteiger partial charge in [0, 0.05) is 0 Å². The van der Waals surface area contributed by atoms with E-state index in [1.54, 1.807) is 18.5 Å². The number of aromatic amines is 1. The van der Waals surface area contributed by atoms with Gasteiger partial charge in [0.2, 0.25) is 0 Å². The van der Waals surface area contributed by atoms with Crippen LogP contribution in [0.15, 0.2) is 31.6 Å². The third-order valence-electron chi connectivity index (χ3n) is 1.26. The van der Waals surface area contributed by atoms with Gasteiger partial charge in [0.15, 0.2) is 0 Å². The minimum absolute atomic E-state index is 0.889. The maximum atomic E-state index is 4.06. The molecule has 0 aliphatic carbocycles. The predicted molar refractivity (Wildman–Crippen MR) is 58.5 cm³/mol. The molecule has 0 aliphatic heterocycles. The lowest BCUT2D eigenvalue weighted by Gasteiger charge is -1.73. The lowest BCUT2D eigenvalue weighted by atomic mass is 10.4. The van der Waals surface area contributed by atoms with Crippen molar-refractivity contribution in [1.29, 1.82) is 0 Å². The third kappa shape index (κ3) is 3.56. The summed E-state index contributed by atoms with van der Waals surface area (Å²) < 4.78 is 0. The van der Waals surface area contributed by atoms with Crippen LogP contribution in [-0.4, -0.2) is 9.97 Å². The van der Waals surface area contributed by atoms with Gasteiger partial charge in [-0.3, -0.25) is 0 Å². The highest BCUT2D eigenvalue weighted by Gasteiger charge is 1.81. The second-order valence-corrected chi connectivity index (χ2v) is 2.01. The summed E-state index contributed by atoms with van der Waals surface area (Å²) >= 11 is 0. The van der Waals surface area contributed by atoms with Gasteiger partial charge in [-0.05, 0) is 12.2 Å². The molecular formula is C11H16N2. The molecule has 1 heterocycles. The smallest absolute Gasteiger partial charge is 0.0931 e. The van der Waals surface area contributed by atoms with Gasteiger partial charge >= 0.3 is 0 Å². The summed E-state index contributed by atoms with van der Waals surface area (Å²) in [4.78, 5) is 7.04. The molecule has 0 fully saturated rings. The summed E-state index contributed by atoms with van der Waals surface area (Å²) in [6.45, 7) is 11.2. The first-order valence-corrected chi connectivity index (χ1v) is 4.33. The maximum Gasteiger partial charge on any atom is 0.0931 e. The van der Waals surface area contributed by atoms with Crippen molar-refractivity contribution >= 4 is 12.2 Å². The molecule has 1 rings (SSSR count). The topological polar surface area (TPSA) is 28.7 Å². The Kier molecular flexibility index (Phi) is 6.24. The van der Waals surface area contributed by atoms with E-state index in [1.165, 1.54) is 0 Å². The molecule has 0 bridgehead atoms. The van der Waals surface area contributed by atoms with Crippen molar-refractivity contribution in [1.82, 2.24) is 9.97 Å². The van der Waals surface area contributed by atoms with Crippen LogP contribution in [0.4, 0.5) is 0 Å². The Labute approximate surface area is 79.0 Å². The van der Waals surface area contributed by atoms with Gasteiger partial charge in [-0.25, -0.2) is 4.98 Å². The highest BCUT2D eigenvalue weighted by Crippen LogP contribution is 1.64. The fraction of sp³-hybridized carbons (Fsp3) is 0.182. The molecule has 0 aliphatic rings. The van der Waals surface area contributed by atoms with E-state index in [0.29, 0.717) is 0 Å². The molecule has 0 amide bonds. The van der Waals surface area contributed by atoms with E-state index < -0.39 is 0 Å². The minimum Gasteiger partial charge on any atom is -0.345 e. The van der Waals surface area contributed by atoms with Gasteiger partial charge < -0.3 is 4.98 Å². The molecular weight excluding hydrogens is 160 g/mol. The van der Waals surface area contributed by atoms with Gasteiger partial charge in [0.25, 0.3) is 0 Å². The summed E-state index contributed by atoms with van der Waals surface area (Å²) in [5.41, 5.74) is 0. The lowest BCUT2D eigenvalue weighted by Crippen LogP contribution is -2.23. The standard InChI is InChI=1S/C9H10N2.C2H6/c1-3-5-8-9(6-4-2)11-7-10-8;1-2/h3-7H,1-2H2,(H,10,11);1-2H3/b8-5+,9-6+;. The molecule has 13 heavy (non-hydrogen) atoms. The number of nitrogens with zero attached hydrogens (tertiary/aromatic N) is 1. The monoisotopic (exact) mass is 176 g/mol. The molecule has 0 spiro atoms. The minimum atomic E-state index is 0.889. The average Bonchev–Trinajstić information content (AvgIpc) is 2.58. The Hall–Kier alpha value is -1.57. The summed E-state index contributed by atoms with van der Waals surface area (Å²) in [6.07, 6.45) is 8.77. The van der Waals surface area contributed by atoms with Crippen molar-refractivity contribution in [2.45, 2.75) is 13.8 Å². The number of hydrogen-bond acceptors (Lipinski definition) is 1. The second kappa shape index (κ2) is 7.10. The van der Waals surface area contributed by atoms with E-state index in [-0.39, 0.29) is 0 Å². The van der Waals surface area contributed by atoms with Gasteiger partial charge in [0.05, 0.1) is 17.0 Å². The van der Waals surface area contributed by atoms with E-state index in [1.807, 2.05) is 26.0 Å². The molecule has 0 saturated carbocycles. The average molecular weight is 176 g/mol. The van der Waals surface area contributed by atoms with E-state index in [9.17, 15) is 0 Å². The zero-order valence-corrected chi connectivity index (χ0v) is 8.25. The molecule has 0 atom stereocenters. The van der Waals surface area contributed by atoms with Crippen molar-refractivity contribution in [3.05, 3.63) is 42.3 Å². The molecule has 70 valence electrons. The zero-order valence-electron chi connectivity index (χ0n) is 8.25.